The molecule has 0 saturated carbocycles. The van der Waals surface area contributed by atoms with Gasteiger partial charge in [-0.05, 0) is 71.7 Å². The first kappa shape index (κ1) is 19.6. The molecule has 1 aliphatic rings. The first-order chi connectivity index (χ1) is 13.9. The third-order valence-corrected chi connectivity index (χ3v) is 7.01. The second-order valence-corrected chi connectivity index (χ2v) is 9.22. The van der Waals surface area contributed by atoms with Crippen LogP contribution in [0, 0.1) is 0 Å². The normalized spacial score (nSPS) is 14.9. The van der Waals surface area contributed by atoms with Gasteiger partial charge in [0.1, 0.15) is 4.90 Å². The number of rotatable bonds is 6. The molecule has 29 heavy (non-hydrogen) atoms. The molecule has 0 aliphatic heterocycles. The average Bonchev–Trinajstić information content (AvgIpc) is 3.17. The highest BCUT2D eigenvalue weighted by molar-refractivity contribution is 7.86. The van der Waals surface area contributed by atoms with Gasteiger partial charge < -0.3 is 0 Å². The minimum atomic E-state index is -3.96. The minimum Gasteiger partial charge on any atom is -0.265 e. The largest absolute Gasteiger partial charge is 0.358 e. The van der Waals surface area contributed by atoms with Gasteiger partial charge in [-0.1, -0.05) is 61.5 Å². The van der Waals surface area contributed by atoms with E-state index in [1.807, 2.05) is 24.3 Å². The van der Waals surface area contributed by atoms with Crippen molar-refractivity contribution in [1.82, 2.24) is 0 Å². The number of aryl methyl sites for hydroxylation is 2. The summed E-state index contributed by atoms with van der Waals surface area (Å²) < 4.78 is 30.2. The highest BCUT2D eigenvalue weighted by atomic mass is 32.2. The van der Waals surface area contributed by atoms with Crippen molar-refractivity contribution in [1.29, 1.82) is 0 Å². The zero-order valence-electron chi connectivity index (χ0n) is 17.0. The molecule has 1 aliphatic carbocycles. The SMILES string of the molecule is CCC(C)c1ccc(S(=O)(=O)ON=C(C)c2ccc3c4c(cccc24)CC3)cc1. The van der Waals surface area contributed by atoms with E-state index >= 15 is 0 Å². The van der Waals surface area contributed by atoms with E-state index < -0.39 is 10.1 Å². The maximum Gasteiger partial charge on any atom is 0.358 e. The topological polar surface area (TPSA) is 55.7 Å². The molecule has 1 unspecified atom stereocenters. The van der Waals surface area contributed by atoms with Crippen LogP contribution in [0.15, 0.2) is 64.6 Å². The van der Waals surface area contributed by atoms with Gasteiger partial charge >= 0.3 is 10.1 Å². The van der Waals surface area contributed by atoms with Crippen LogP contribution in [-0.2, 0) is 27.2 Å². The molecule has 0 bridgehead atoms. The van der Waals surface area contributed by atoms with Crippen LogP contribution in [0.1, 0.15) is 55.4 Å². The number of hydrogen-bond acceptors (Lipinski definition) is 4. The van der Waals surface area contributed by atoms with E-state index in [0.717, 1.165) is 35.8 Å². The Hall–Kier alpha value is -2.66. The number of oxime groups is 1. The molecular weight excluding hydrogens is 382 g/mol. The Morgan fingerprint density at radius 3 is 2.41 bits per heavy atom. The third-order valence-electron chi connectivity index (χ3n) is 5.89. The molecule has 0 spiro atoms. The smallest absolute Gasteiger partial charge is 0.265 e. The van der Waals surface area contributed by atoms with E-state index in [-0.39, 0.29) is 4.90 Å². The Bertz CT molecular complexity index is 1180. The summed E-state index contributed by atoms with van der Waals surface area (Å²) in [6.45, 7) is 6.00. The highest BCUT2D eigenvalue weighted by Gasteiger charge is 2.19. The molecule has 3 aromatic rings. The van der Waals surface area contributed by atoms with Crippen LogP contribution in [-0.4, -0.2) is 14.1 Å². The van der Waals surface area contributed by atoms with Crippen molar-refractivity contribution in [2.24, 2.45) is 5.16 Å². The van der Waals surface area contributed by atoms with E-state index in [1.165, 1.54) is 16.5 Å². The summed E-state index contributed by atoms with van der Waals surface area (Å²) in [4.78, 5) is 0.113. The Balaban J connectivity index is 1.61. The van der Waals surface area contributed by atoms with Crippen LogP contribution in [0.2, 0.25) is 0 Å². The Morgan fingerprint density at radius 2 is 1.72 bits per heavy atom. The van der Waals surface area contributed by atoms with Gasteiger partial charge in [0.25, 0.3) is 0 Å². The van der Waals surface area contributed by atoms with E-state index in [1.54, 1.807) is 19.1 Å². The molecule has 0 aromatic heterocycles. The minimum absolute atomic E-state index is 0.113. The van der Waals surface area contributed by atoms with E-state index in [9.17, 15) is 8.42 Å². The first-order valence-electron chi connectivity index (χ1n) is 10.0. The average molecular weight is 408 g/mol. The summed E-state index contributed by atoms with van der Waals surface area (Å²) in [7, 11) is -3.96. The fourth-order valence-electron chi connectivity index (χ4n) is 3.96. The maximum absolute atomic E-state index is 12.6. The quantitative estimate of drug-likeness (QED) is 0.396. The van der Waals surface area contributed by atoms with Crippen LogP contribution in [0.4, 0.5) is 0 Å². The van der Waals surface area contributed by atoms with Gasteiger partial charge in [0.15, 0.2) is 0 Å². The summed E-state index contributed by atoms with van der Waals surface area (Å²) in [5.74, 6) is 0.386. The summed E-state index contributed by atoms with van der Waals surface area (Å²) >= 11 is 0. The van der Waals surface area contributed by atoms with Gasteiger partial charge in [-0.3, -0.25) is 4.28 Å². The molecule has 0 heterocycles. The second-order valence-electron chi connectivity index (χ2n) is 7.70. The molecule has 0 radical (unpaired) electrons. The predicted octanol–water partition coefficient (Wildman–Crippen LogP) is 5.58. The van der Waals surface area contributed by atoms with Crippen LogP contribution in [0.25, 0.3) is 10.8 Å². The summed E-state index contributed by atoms with van der Waals surface area (Å²) in [6, 6.07) is 17.2. The predicted molar refractivity (Wildman–Crippen MR) is 117 cm³/mol. The van der Waals surface area contributed by atoms with Crippen molar-refractivity contribution in [3.8, 4) is 0 Å². The van der Waals surface area contributed by atoms with E-state index in [0.29, 0.717) is 11.6 Å². The van der Waals surface area contributed by atoms with Gasteiger partial charge in [-0.2, -0.15) is 8.42 Å². The summed E-state index contributed by atoms with van der Waals surface area (Å²) in [6.07, 6.45) is 3.09. The van der Waals surface area contributed by atoms with Crippen LogP contribution < -0.4 is 0 Å². The molecule has 5 heteroatoms. The lowest BCUT2D eigenvalue weighted by Gasteiger charge is -2.10. The fraction of sp³-hybridized carbons (Fsp3) is 0.292. The van der Waals surface area contributed by atoms with Crippen molar-refractivity contribution in [2.45, 2.75) is 50.8 Å². The third kappa shape index (κ3) is 3.67. The van der Waals surface area contributed by atoms with Crippen LogP contribution in [0.3, 0.4) is 0 Å². The molecule has 1 atom stereocenters. The van der Waals surface area contributed by atoms with Crippen molar-refractivity contribution in [3.05, 3.63) is 76.9 Å². The molecule has 0 saturated heterocycles. The lowest BCUT2D eigenvalue weighted by molar-refractivity contribution is 0.339. The standard InChI is InChI=1S/C24H25NO3S/c1-4-16(2)18-10-13-21(14-11-18)29(26,27)28-25-17(3)22-15-12-20-9-8-19-6-5-7-23(22)24(19)20/h5-7,10-16H,4,8-9H2,1-3H3. The molecule has 0 N–H and O–H groups in total. The lowest BCUT2D eigenvalue weighted by Crippen LogP contribution is -2.06. The van der Waals surface area contributed by atoms with Gasteiger partial charge in [-0.25, -0.2) is 0 Å². The molecule has 0 fully saturated rings. The zero-order chi connectivity index (χ0) is 20.6. The van der Waals surface area contributed by atoms with Crippen molar-refractivity contribution in [3.63, 3.8) is 0 Å². The Labute approximate surface area is 172 Å². The monoisotopic (exact) mass is 407 g/mol. The van der Waals surface area contributed by atoms with E-state index in [2.05, 4.69) is 37.2 Å². The number of nitrogens with zero attached hydrogens (tertiary/aromatic N) is 1. The molecule has 0 amide bonds. The first-order valence-corrected chi connectivity index (χ1v) is 11.4. The number of benzene rings is 3. The zero-order valence-corrected chi connectivity index (χ0v) is 17.8. The molecular formula is C24H25NO3S. The van der Waals surface area contributed by atoms with E-state index in [4.69, 9.17) is 4.28 Å². The number of hydrogen-bond donors (Lipinski definition) is 0. The maximum atomic E-state index is 12.6. The van der Waals surface area contributed by atoms with Gasteiger partial charge in [0.2, 0.25) is 0 Å². The van der Waals surface area contributed by atoms with Crippen molar-refractivity contribution in [2.75, 3.05) is 0 Å². The molecule has 4 rings (SSSR count). The highest BCUT2D eigenvalue weighted by Crippen LogP contribution is 2.33. The van der Waals surface area contributed by atoms with Crippen molar-refractivity contribution >= 4 is 26.6 Å². The Kier molecular flexibility index (Phi) is 5.17. The van der Waals surface area contributed by atoms with Gasteiger partial charge in [0.05, 0.1) is 5.71 Å². The van der Waals surface area contributed by atoms with Gasteiger partial charge in [-0.15, -0.1) is 0 Å². The molecule has 3 aromatic carbocycles. The summed E-state index contributed by atoms with van der Waals surface area (Å²) in [5.41, 5.74) is 5.22. The van der Waals surface area contributed by atoms with Crippen LogP contribution in [0.5, 0.6) is 0 Å². The lowest BCUT2D eigenvalue weighted by atomic mass is 9.98. The van der Waals surface area contributed by atoms with Crippen molar-refractivity contribution < 1.29 is 12.7 Å². The van der Waals surface area contributed by atoms with Gasteiger partial charge in [0, 0.05) is 5.56 Å². The fourth-order valence-corrected chi connectivity index (χ4v) is 4.72. The second kappa shape index (κ2) is 7.64. The Morgan fingerprint density at radius 1 is 1.03 bits per heavy atom. The molecule has 4 nitrogen and oxygen atoms in total. The summed E-state index contributed by atoms with van der Waals surface area (Å²) in [5, 5.41) is 6.34. The van der Waals surface area contributed by atoms with Crippen LogP contribution >= 0.6 is 0 Å². The molecule has 150 valence electrons.